The molecule has 0 spiro atoms. The average molecular weight is 478 g/mol. The van der Waals surface area contributed by atoms with Crippen molar-refractivity contribution in [2.45, 2.75) is 18.3 Å². The van der Waals surface area contributed by atoms with Crippen molar-refractivity contribution in [1.29, 1.82) is 0 Å². The molecule has 0 aliphatic heterocycles. The van der Waals surface area contributed by atoms with Crippen LogP contribution in [-0.4, -0.2) is 31.2 Å². The Kier molecular flexibility index (Phi) is 5.83. The highest BCUT2D eigenvalue weighted by Gasteiger charge is 2.31. The Morgan fingerprint density at radius 3 is 2.53 bits per heavy atom. The molecule has 0 unspecified atom stereocenters. The minimum atomic E-state index is -4.53. The third-order valence-electron chi connectivity index (χ3n) is 4.76. The van der Waals surface area contributed by atoms with Crippen LogP contribution in [0.1, 0.15) is 11.3 Å². The lowest BCUT2D eigenvalue weighted by atomic mass is 10.0. The van der Waals surface area contributed by atoms with Crippen LogP contribution in [0.15, 0.2) is 58.5 Å². The Morgan fingerprint density at radius 2 is 1.84 bits per heavy atom. The molecule has 0 amide bonds. The summed E-state index contributed by atoms with van der Waals surface area (Å²) in [6.07, 6.45) is -2.82. The van der Waals surface area contributed by atoms with Gasteiger partial charge in [0.05, 0.1) is 16.8 Å². The van der Waals surface area contributed by atoms with Crippen molar-refractivity contribution in [3.05, 3.63) is 75.0 Å². The molecule has 2 aromatic heterocycles. The zero-order valence-electron chi connectivity index (χ0n) is 16.7. The van der Waals surface area contributed by atoms with E-state index < -0.39 is 17.2 Å². The molecule has 0 aliphatic rings. The van der Waals surface area contributed by atoms with Crippen LogP contribution in [0, 0.1) is 6.92 Å². The number of hydrogen-bond acceptors (Lipinski definition) is 5. The molecule has 4 aromatic rings. The Balaban J connectivity index is 1.96. The number of aromatic amines is 1. The second-order valence-corrected chi connectivity index (χ2v) is 7.96. The number of thioether (sulfide) groups is 1. The molecule has 32 heavy (non-hydrogen) atoms. The number of nitrogens with zero attached hydrogens (tertiary/aromatic N) is 4. The Labute approximate surface area is 189 Å². The van der Waals surface area contributed by atoms with Crippen molar-refractivity contribution in [1.82, 2.24) is 25.0 Å². The molecule has 0 aliphatic carbocycles. The van der Waals surface area contributed by atoms with Crippen LogP contribution in [-0.2, 0) is 6.18 Å². The van der Waals surface area contributed by atoms with E-state index in [-0.39, 0.29) is 17.2 Å². The number of hydrogen-bond donors (Lipinski definition) is 1. The minimum absolute atomic E-state index is 0.0169. The highest BCUT2D eigenvalue weighted by molar-refractivity contribution is 7.98. The van der Waals surface area contributed by atoms with Crippen LogP contribution in [0.3, 0.4) is 0 Å². The highest BCUT2D eigenvalue weighted by Crippen LogP contribution is 2.33. The van der Waals surface area contributed by atoms with Crippen LogP contribution in [0.25, 0.3) is 28.3 Å². The normalized spacial score (nSPS) is 11.7. The molecule has 11 heteroatoms. The van der Waals surface area contributed by atoms with Gasteiger partial charge in [-0.05, 0) is 37.4 Å². The molecular formula is C21H15ClF3N5OS. The quantitative estimate of drug-likeness (QED) is 0.399. The Hall–Kier alpha value is -3.11. The first kappa shape index (κ1) is 22.1. The lowest BCUT2D eigenvalue weighted by molar-refractivity contribution is -0.137. The number of rotatable bonds is 4. The molecule has 0 saturated carbocycles. The lowest BCUT2D eigenvalue weighted by Gasteiger charge is -2.13. The first-order valence-corrected chi connectivity index (χ1v) is 10.8. The van der Waals surface area contributed by atoms with Gasteiger partial charge >= 0.3 is 6.18 Å². The summed E-state index contributed by atoms with van der Waals surface area (Å²) in [6, 6.07) is 11.6. The number of alkyl halides is 3. The Morgan fingerprint density at radius 1 is 1.09 bits per heavy atom. The predicted octanol–water partition coefficient (Wildman–Crippen LogP) is 5.39. The minimum Gasteiger partial charge on any atom is -0.287 e. The van der Waals surface area contributed by atoms with Crippen LogP contribution in [0.5, 0.6) is 0 Å². The largest absolute Gasteiger partial charge is 0.416 e. The van der Waals surface area contributed by atoms with E-state index >= 15 is 0 Å². The van der Waals surface area contributed by atoms with E-state index in [1.807, 2.05) is 0 Å². The van der Waals surface area contributed by atoms with Gasteiger partial charge in [-0.3, -0.25) is 14.5 Å². The maximum Gasteiger partial charge on any atom is 0.416 e. The molecule has 6 nitrogen and oxygen atoms in total. The standard InChI is InChI=1S/C21H15ClF3N5OS/c1-11-16(14-8-3-4-9-15(14)22)18(31)17(27-26-11)19-28-29-20(32-2)30(19)13-7-5-6-12(10-13)21(23,24)25/h3-10H,1-2H3,(H,26,31). The zero-order valence-corrected chi connectivity index (χ0v) is 18.3. The van der Waals surface area contributed by atoms with Gasteiger partial charge in [0, 0.05) is 16.3 Å². The molecule has 0 saturated heterocycles. The van der Waals surface area contributed by atoms with E-state index in [0.29, 0.717) is 27.0 Å². The number of aromatic nitrogens is 5. The van der Waals surface area contributed by atoms with Gasteiger partial charge in [-0.25, -0.2) is 0 Å². The molecular weight excluding hydrogens is 463 g/mol. The maximum atomic E-state index is 13.4. The summed E-state index contributed by atoms with van der Waals surface area (Å²) in [5.41, 5.74) is 0.0617. The zero-order chi connectivity index (χ0) is 23.0. The fourth-order valence-corrected chi connectivity index (χ4v) is 4.01. The van der Waals surface area contributed by atoms with E-state index in [1.165, 1.54) is 28.5 Å². The van der Waals surface area contributed by atoms with Crippen LogP contribution in [0.2, 0.25) is 5.02 Å². The predicted molar refractivity (Wildman–Crippen MR) is 117 cm³/mol. The topological polar surface area (TPSA) is 76.5 Å². The molecule has 0 radical (unpaired) electrons. The summed E-state index contributed by atoms with van der Waals surface area (Å²) in [5, 5.41) is 15.7. The van der Waals surface area contributed by atoms with Crippen molar-refractivity contribution >= 4 is 23.4 Å². The van der Waals surface area contributed by atoms with Crippen molar-refractivity contribution in [2.24, 2.45) is 0 Å². The van der Waals surface area contributed by atoms with Gasteiger partial charge in [0.2, 0.25) is 5.43 Å². The van der Waals surface area contributed by atoms with Gasteiger partial charge in [-0.15, -0.1) is 10.2 Å². The number of H-pyrrole nitrogens is 1. The van der Waals surface area contributed by atoms with Gasteiger partial charge in [-0.1, -0.05) is 47.6 Å². The molecule has 2 aromatic carbocycles. The van der Waals surface area contributed by atoms with Crippen molar-refractivity contribution in [3.8, 4) is 28.3 Å². The Bertz CT molecular complexity index is 1370. The first-order valence-electron chi connectivity index (χ1n) is 9.24. The van der Waals surface area contributed by atoms with Crippen molar-refractivity contribution < 1.29 is 13.2 Å². The number of nitrogens with one attached hydrogen (secondary N) is 1. The second-order valence-electron chi connectivity index (χ2n) is 6.77. The summed E-state index contributed by atoms with van der Waals surface area (Å²) in [5.74, 6) is 0.0169. The van der Waals surface area contributed by atoms with Crippen LogP contribution in [0.4, 0.5) is 13.2 Å². The molecule has 0 bridgehead atoms. The number of halogens is 4. The van der Waals surface area contributed by atoms with E-state index in [0.717, 1.165) is 12.1 Å². The van der Waals surface area contributed by atoms with Gasteiger partial charge in [0.15, 0.2) is 16.7 Å². The summed E-state index contributed by atoms with van der Waals surface area (Å²) in [7, 11) is 0. The summed E-state index contributed by atoms with van der Waals surface area (Å²) in [4.78, 5) is 13.4. The summed E-state index contributed by atoms with van der Waals surface area (Å²) >= 11 is 7.48. The fraction of sp³-hybridized carbons (Fsp3) is 0.143. The average Bonchev–Trinajstić information content (AvgIpc) is 3.18. The third kappa shape index (κ3) is 3.91. The van der Waals surface area contributed by atoms with E-state index in [2.05, 4.69) is 20.4 Å². The first-order chi connectivity index (χ1) is 15.2. The molecule has 2 heterocycles. The third-order valence-corrected chi connectivity index (χ3v) is 5.71. The van der Waals surface area contributed by atoms with Crippen molar-refractivity contribution in [3.63, 3.8) is 0 Å². The lowest BCUT2D eigenvalue weighted by Crippen LogP contribution is -2.17. The highest BCUT2D eigenvalue weighted by atomic mass is 35.5. The fourth-order valence-electron chi connectivity index (χ4n) is 3.28. The number of benzene rings is 2. The second kappa shape index (κ2) is 8.44. The maximum absolute atomic E-state index is 13.4. The molecule has 164 valence electrons. The van der Waals surface area contributed by atoms with Crippen molar-refractivity contribution in [2.75, 3.05) is 6.26 Å². The number of aryl methyl sites for hydroxylation is 1. The molecule has 1 N–H and O–H groups in total. The van der Waals surface area contributed by atoms with Gasteiger partial charge in [-0.2, -0.15) is 18.3 Å². The molecule has 4 rings (SSSR count). The van der Waals surface area contributed by atoms with E-state index in [1.54, 1.807) is 37.4 Å². The van der Waals surface area contributed by atoms with E-state index in [9.17, 15) is 18.0 Å². The molecule has 0 fully saturated rings. The van der Waals surface area contributed by atoms with Gasteiger partial charge in [0.1, 0.15) is 0 Å². The summed E-state index contributed by atoms with van der Waals surface area (Å²) in [6.45, 7) is 1.68. The smallest absolute Gasteiger partial charge is 0.287 e. The van der Waals surface area contributed by atoms with Crippen LogP contribution >= 0.6 is 23.4 Å². The molecule has 0 atom stereocenters. The van der Waals surface area contributed by atoms with E-state index in [4.69, 9.17) is 11.6 Å². The monoisotopic (exact) mass is 477 g/mol. The SMILES string of the molecule is CSc1nnc(-c2n[nH]c(C)c(-c3ccccc3Cl)c2=O)n1-c1cccc(C(F)(F)F)c1. The summed E-state index contributed by atoms with van der Waals surface area (Å²) < 4.78 is 41.2. The van der Waals surface area contributed by atoms with Gasteiger partial charge < -0.3 is 0 Å². The van der Waals surface area contributed by atoms with Crippen LogP contribution < -0.4 is 5.43 Å². The van der Waals surface area contributed by atoms with Gasteiger partial charge in [0.25, 0.3) is 0 Å².